The van der Waals surface area contributed by atoms with Gasteiger partial charge in [-0.3, -0.25) is 4.90 Å². The number of halogens is 1. The first-order chi connectivity index (χ1) is 6.18. The van der Waals surface area contributed by atoms with E-state index in [-0.39, 0.29) is 12.1 Å². The van der Waals surface area contributed by atoms with Crippen LogP contribution in [0.15, 0.2) is 0 Å². The summed E-state index contributed by atoms with van der Waals surface area (Å²) < 4.78 is 13.2. The molecule has 0 aromatic carbocycles. The lowest BCUT2D eigenvalue weighted by molar-refractivity contribution is 0.0994. The lowest BCUT2D eigenvalue weighted by Gasteiger charge is -2.28. The fraction of sp³-hybridized carbons (Fsp3) is 1.00. The summed E-state index contributed by atoms with van der Waals surface area (Å²) in [6.45, 7) is 1.74. The highest BCUT2D eigenvalue weighted by Crippen LogP contribution is 2.60. The molecule has 2 aliphatic heterocycles. The molecule has 74 valence electrons. The third-order valence-electron chi connectivity index (χ3n) is 4.17. The number of rotatable bonds is 1. The minimum absolute atomic E-state index is 0.148. The van der Waals surface area contributed by atoms with Crippen molar-refractivity contribution in [2.75, 3.05) is 19.7 Å². The molecule has 1 spiro atoms. The first-order valence-corrected chi connectivity index (χ1v) is 5.18. The van der Waals surface area contributed by atoms with E-state index in [0.29, 0.717) is 18.4 Å². The van der Waals surface area contributed by atoms with E-state index in [2.05, 4.69) is 4.90 Å². The second-order valence-electron chi connectivity index (χ2n) is 5.24. The van der Waals surface area contributed by atoms with E-state index >= 15 is 0 Å². The van der Waals surface area contributed by atoms with E-state index in [1.807, 2.05) is 0 Å². The van der Waals surface area contributed by atoms with Crippen LogP contribution in [0.2, 0.25) is 0 Å². The molecule has 2 nitrogen and oxygen atoms in total. The molecule has 13 heavy (non-hydrogen) atoms. The second kappa shape index (κ2) is 2.26. The zero-order valence-electron chi connectivity index (χ0n) is 7.80. The molecule has 0 bridgehead atoms. The van der Waals surface area contributed by atoms with Crippen LogP contribution in [0, 0.1) is 5.41 Å². The van der Waals surface area contributed by atoms with E-state index in [9.17, 15) is 9.50 Å². The van der Waals surface area contributed by atoms with Crippen molar-refractivity contribution in [2.24, 2.45) is 5.41 Å². The number of nitrogens with zero attached hydrogens (tertiary/aromatic N) is 1. The predicted molar refractivity (Wildman–Crippen MR) is 47.2 cm³/mol. The van der Waals surface area contributed by atoms with Crippen LogP contribution in [0.4, 0.5) is 4.39 Å². The smallest absolute Gasteiger partial charge is 0.115 e. The van der Waals surface area contributed by atoms with Gasteiger partial charge < -0.3 is 5.11 Å². The van der Waals surface area contributed by atoms with Gasteiger partial charge in [0.2, 0.25) is 0 Å². The predicted octanol–water partition coefficient (Wildman–Crippen LogP) is 0.945. The van der Waals surface area contributed by atoms with Crippen molar-refractivity contribution in [1.82, 2.24) is 4.90 Å². The molecule has 3 aliphatic rings. The van der Waals surface area contributed by atoms with E-state index in [0.717, 1.165) is 13.0 Å². The summed E-state index contributed by atoms with van der Waals surface area (Å²) in [7, 11) is 0. The molecule has 0 unspecified atom stereocenters. The number of hydrogen-bond acceptors (Lipinski definition) is 2. The molecule has 3 heteroatoms. The molecule has 2 heterocycles. The van der Waals surface area contributed by atoms with Gasteiger partial charge in [0.1, 0.15) is 6.17 Å². The van der Waals surface area contributed by atoms with Gasteiger partial charge in [0.05, 0.1) is 6.61 Å². The van der Waals surface area contributed by atoms with Gasteiger partial charge in [0, 0.05) is 25.0 Å². The fourth-order valence-electron chi connectivity index (χ4n) is 3.35. The maximum Gasteiger partial charge on any atom is 0.115 e. The Morgan fingerprint density at radius 1 is 1.46 bits per heavy atom. The Hall–Kier alpha value is -0.150. The Bertz CT molecular complexity index is 241. The van der Waals surface area contributed by atoms with Crippen LogP contribution in [-0.2, 0) is 0 Å². The van der Waals surface area contributed by atoms with E-state index in [1.165, 1.54) is 12.8 Å². The number of aliphatic hydroxyl groups excluding tert-OH is 1. The summed E-state index contributed by atoms with van der Waals surface area (Å²) in [6, 6.07) is 0. The maximum atomic E-state index is 13.2. The highest BCUT2D eigenvalue weighted by Gasteiger charge is 2.61. The van der Waals surface area contributed by atoms with Gasteiger partial charge >= 0.3 is 0 Å². The Kier molecular flexibility index (Phi) is 1.42. The van der Waals surface area contributed by atoms with Gasteiger partial charge in [-0.25, -0.2) is 4.39 Å². The summed E-state index contributed by atoms with van der Waals surface area (Å²) in [5.74, 6) is 0. The molecule has 2 saturated heterocycles. The molecule has 3 fully saturated rings. The average molecular weight is 185 g/mol. The Morgan fingerprint density at radius 2 is 2.23 bits per heavy atom. The van der Waals surface area contributed by atoms with Crippen LogP contribution < -0.4 is 0 Å². The molecule has 0 radical (unpaired) electrons. The van der Waals surface area contributed by atoms with Gasteiger partial charge in [0.15, 0.2) is 0 Å². The summed E-state index contributed by atoms with van der Waals surface area (Å²) in [6.07, 6.45) is 3.48. The monoisotopic (exact) mass is 185 g/mol. The van der Waals surface area contributed by atoms with Gasteiger partial charge in [-0.05, 0) is 24.7 Å². The second-order valence-corrected chi connectivity index (χ2v) is 5.24. The molecule has 3 rings (SSSR count). The van der Waals surface area contributed by atoms with Crippen LogP contribution in [-0.4, -0.2) is 41.4 Å². The summed E-state index contributed by atoms with van der Waals surface area (Å²) in [4.78, 5) is 2.20. The molecule has 1 aliphatic carbocycles. The van der Waals surface area contributed by atoms with Crippen molar-refractivity contribution in [2.45, 2.75) is 37.4 Å². The zero-order chi connectivity index (χ0) is 9.10. The van der Waals surface area contributed by atoms with E-state index < -0.39 is 6.17 Å². The van der Waals surface area contributed by atoms with Crippen LogP contribution in [0.5, 0.6) is 0 Å². The third kappa shape index (κ3) is 1.00. The van der Waals surface area contributed by atoms with Gasteiger partial charge in [-0.2, -0.15) is 0 Å². The summed E-state index contributed by atoms with van der Waals surface area (Å²) in [5.41, 5.74) is 0.318. The maximum absolute atomic E-state index is 13.2. The molecular weight excluding hydrogens is 169 g/mol. The normalized spacial score (nSPS) is 47.1. The Balaban J connectivity index is 1.87. The quantitative estimate of drug-likeness (QED) is 0.657. The third-order valence-corrected chi connectivity index (χ3v) is 4.17. The molecule has 0 aromatic rings. The van der Waals surface area contributed by atoms with Crippen molar-refractivity contribution < 1.29 is 9.50 Å². The first kappa shape index (κ1) is 8.18. The number of aliphatic hydroxyl groups is 1. The molecule has 1 saturated carbocycles. The SMILES string of the molecule is OC[C@]12C[C@H](F)CN1CC1(CC1)C2. The Labute approximate surface area is 77.7 Å². The molecule has 1 N–H and O–H groups in total. The first-order valence-electron chi connectivity index (χ1n) is 5.18. The highest BCUT2D eigenvalue weighted by molar-refractivity contribution is 5.15. The van der Waals surface area contributed by atoms with E-state index in [4.69, 9.17) is 0 Å². The Morgan fingerprint density at radius 3 is 2.77 bits per heavy atom. The van der Waals surface area contributed by atoms with E-state index in [1.54, 1.807) is 0 Å². The summed E-state index contributed by atoms with van der Waals surface area (Å²) in [5, 5.41) is 9.40. The lowest BCUT2D eigenvalue weighted by Crippen LogP contribution is -2.41. The number of fused-ring (bicyclic) bond motifs is 1. The van der Waals surface area contributed by atoms with Crippen LogP contribution in [0.25, 0.3) is 0 Å². The van der Waals surface area contributed by atoms with Gasteiger partial charge in [0.25, 0.3) is 0 Å². The van der Waals surface area contributed by atoms with Gasteiger partial charge in [-0.1, -0.05) is 0 Å². The van der Waals surface area contributed by atoms with Crippen LogP contribution in [0.1, 0.15) is 25.7 Å². The largest absolute Gasteiger partial charge is 0.394 e. The minimum atomic E-state index is -0.705. The van der Waals surface area contributed by atoms with Crippen molar-refractivity contribution in [3.8, 4) is 0 Å². The van der Waals surface area contributed by atoms with Gasteiger partial charge in [-0.15, -0.1) is 0 Å². The lowest BCUT2D eigenvalue weighted by atomic mass is 9.89. The van der Waals surface area contributed by atoms with Crippen molar-refractivity contribution in [1.29, 1.82) is 0 Å². The summed E-state index contributed by atoms with van der Waals surface area (Å²) >= 11 is 0. The number of hydrogen-bond donors (Lipinski definition) is 1. The minimum Gasteiger partial charge on any atom is -0.394 e. The average Bonchev–Trinajstić information content (AvgIpc) is 2.64. The van der Waals surface area contributed by atoms with Crippen molar-refractivity contribution in [3.05, 3.63) is 0 Å². The zero-order valence-corrected chi connectivity index (χ0v) is 7.80. The highest BCUT2D eigenvalue weighted by atomic mass is 19.1. The molecule has 0 amide bonds. The van der Waals surface area contributed by atoms with Crippen LogP contribution in [0.3, 0.4) is 0 Å². The van der Waals surface area contributed by atoms with Crippen LogP contribution >= 0.6 is 0 Å². The number of alkyl halides is 1. The molecule has 2 atom stereocenters. The standard InChI is InChI=1S/C10H16FNO/c11-8-3-10(7-13)5-9(1-2-9)6-12(10)4-8/h8,13H,1-7H2/t8-,10+/m0/s1. The molecular formula is C10H16FNO. The van der Waals surface area contributed by atoms with Crippen molar-refractivity contribution in [3.63, 3.8) is 0 Å². The fourth-order valence-corrected chi connectivity index (χ4v) is 3.35. The van der Waals surface area contributed by atoms with Crippen molar-refractivity contribution >= 4 is 0 Å². The molecule has 0 aromatic heterocycles. The topological polar surface area (TPSA) is 23.5 Å².